The van der Waals surface area contributed by atoms with Gasteiger partial charge in [-0.2, -0.15) is 0 Å². The van der Waals surface area contributed by atoms with E-state index in [1.807, 2.05) is 0 Å². The Morgan fingerprint density at radius 3 is 2.75 bits per heavy atom. The van der Waals surface area contributed by atoms with Crippen LogP contribution in [0.1, 0.15) is 30.4 Å². The van der Waals surface area contributed by atoms with Gasteiger partial charge in [0.15, 0.2) is 16.6 Å². The number of hydrogen-bond acceptors (Lipinski definition) is 8. The zero-order valence-corrected chi connectivity index (χ0v) is 19.6. The molecule has 1 amide bonds. The molecular formula is C22H21F4N5O4S. The van der Waals surface area contributed by atoms with Crippen molar-refractivity contribution in [2.24, 2.45) is 5.73 Å². The Bertz CT molecular complexity index is 1350. The Morgan fingerprint density at radius 2 is 2.03 bits per heavy atom. The highest BCUT2D eigenvalue weighted by atomic mass is 32.1. The fourth-order valence-corrected chi connectivity index (χ4v) is 5.21. The third-order valence-corrected chi connectivity index (χ3v) is 7.29. The summed E-state index contributed by atoms with van der Waals surface area (Å²) in [6.45, 7) is 1.38. The molecular weight excluding hydrogens is 506 g/mol. The van der Waals surface area contributed by atoms with Crippen molar-refractivity contribution in [2.75, 3.05) is 18.4 Å². The molecule has 14 heteroatoms. The summed E-state index contributed by atoms with van der Waals surface area (Å²) in [6.07, 6.45) is -2.96. The lowest BCUT2D eigenvalue weighted by atomic mass is 9.86. The SMILES string of the molecule is C[C@@H](C(=O)Nc1nc2cc3c(cc2s1)OC(F)(F)O3)N1CCC(F)(F)[C@@H](c2c[nH]c(=O)c(CN)c2)C1. The first kappa shape index (κ1) is 24.5. The first-order valence-electron chi connectivity index (χ1n) is 11.0. The molecule has 192 valence electrons. The minimum absolute atomic E-state index is 0.0133. The van der Waals surface area contributed by atoms with Crippen LogP contribution < -0.4 is 26.1 Å². The van der Waals surface area contributed by atoms with Crippen LogP contribution in [-0.2, 0) is 11.3 Å². The second-order valence-corrected chi connectivity index (χ2v) is 9.70. The number of carbonyl (C=O) groups is 1. The van der Waals surface area contributed by atoms with Crippen LogP contribution in [0, 0.1) is 0 Å². The van der Waals surface area contributed by atoms with Crippen molar-refractivity contribution in [2.45, 2.75) is 44.1 Å². The van der Waals surface area contributed by atoms with Crippen LogP contribution in [0.15, 0.2) is 29.2 Å². The van der Waals surface area contributed by atoms with Crippen molar-refractivity contribution >= 4 is 32.6 Å². The molecule has 4 N–H and O–H groups in total. The number of alkyl halides is 4. The van der Waals surface area contributed by atoms with Crippen LogP contribution in [-0.4, -0.2) is 52.1 Å². The van der Waals surface area contributed by atoms with E-state index in [9.17, 15) is 27.2 Å². The third kappa shape index (κ3) is 4.51. The lowest BCUT2D eigenvalue weighted by molar-refractivity contribution is -0.286. The van der Waals surface area contributed by atoms with Gasteiger partial charge in [-0.1, -0.05) is 11.3 Å². The Kier molecular flexibility index (Phi) is 5.92. The van der Waals surface area contributed by atoms with E-state index in [4.69, 9.17) is 5.73 Å². The third-order valence-electron chi connectivity index (χ3n) is 6.35. The molecule has 1 aromatic carbocycles. The number of hydrogen-bond donors (Lipinski definition) is 3. The predicted octanol–water partition coefficient (Wildman–Crippen LogP) is 3.22. The molecule has 36 heavy (non-hydrogen) atoms. The van der Waals surface area contributed by atoms with Crippen LogP contribution in [0.25, 0.3) is 10.2 Å². The number of nitrogens with zero attached hydrogens (tertiary/aromatic N) is 2. The van der Waals surface area contributed by atoms with Crippen LogP contribution in [0.2, 0.25) is 0 Å². The van der Waals surface area contributed by atoms with Crippen molar-refractivity contribution in [3.63, 3.8) is 0 Å². The van der Waals surface area contributed by atoms with Gasteiger partial charge in [-0.15, -0.1) is 8.78 Å². The Morgan fingerprint density at radius 1 is 1.31 bits per heavy atom. The number of likely N-dealkylation sites (tertiary alicyclic amines) is 1. The summed E-state index contributed by atoms with van der Waals surface area (Å²) in [5.41, 5.74) is 5.89. The van der Waals surface area contributed by atoms with Gasteiger partial charge < -0.3 is 25.5 Å². The molecule has 0 spiro atoms. The molecule has 0 unspecified atom stereocenters. The van der Waals surface area contributed by atoms with Crippen LogP contribution in [0.4, 0.5) is 22.7 Å². The van der Waals surface area contributed by atoms with Gasteiger partial charge in [0.1, 0.15) is 0 Å². The summed E-state index contributed by atoms with van der Waals surface area (Å²) >= 11 is 1.05. The number of aromatic amines is 1. The number of ether oxygens (including phenoxy) is 2. The van der Waals surface area contributed by atoms with Crippen molar-refractivity contribution < 1.29 is 31.8 Å². The number of thiazole rings is 1. The summed E-state index contributed by atoms with van der Waals surface area (Å²) < 4.78 is 65.5. The molecule has 0 bridgehead atoms. The fourth-order valence-electron chi connectivity index (χ4n) is 4.33. The first-order valence-corrected chi connectivity index (χ1v) is 11.8. The van der Waals surface area contributed by atoms with E-state index in [-0.39, 0.29) is 47.4 Å². The minimum atomic E-state index is -3.75. The quantitative estimate of drug-likeness (QED) is 0.436. The topological polar surface area (TPSA) is 123 Å². The highest BCUT2D eigenvalue weighted by molar-refractivity contribution is 7.22. The fraction of sp³-hybridized carbons (Fsp3) is 0.409. The van der Waals surface area contributed by atoms with Crippen molar-refractivity contribution in [3.8, 4) is 11.5 Å². The molecule has 0 saturated carbocycles. The summed E-state index contributed by atoms with van der Waals surface area (Å²) in [4.78, 5) is 33.1. The molecule has 0 radical (unpaired) electrons. The largest absolute Gasteiger partial charge is 0.586 e. The second-order valence-electron chi connectivity index (χ2n) is 8.67. The van der Waals surface area contributed by atoms with Gasteiger partial charge in [0.25, 0.3) is 11.5 Å². The smallest absolute Gasteiger partial charge is 0.395 e. The molecule has 9 nitrogen and oxygen atoms in total. The van der Waals surface area contributed by atoms with E-state index in [1.165, 1.54) is 24.4 Å². The normalized spacial score (nSPS) is 21.4. The molecule has 0 aliphatic carbocycles. The number of aromatic nitrogens is 2. The van der Waals surface area contributed by atoms with Crippen LogP contribution in [0.3, 0.4) is 0 Å². The summed E-state index contributed by atoms with van der Waals surface area (Å²) in [5.74, 6) is -5.04. The number of rotatable bonds is 5. The molecule has 2 aliphatic rings. The average Bonchev–Trinajstić information content (AvgIpc) is 3.33. The number of fused-ring (bicyclic) bond motifs is 2. The zero-order valence-electron chi connectivity index (χ0n) is 18.8. The maximum absolute atomic E-state index is 14.8. The molecule has 4 heterocycles. The number of H-pyrrole nitrogens is 1. The van der Waals surface area contributed by atoms with E-state index in [0.717, 1.165) is 11.3 Å². The number of nitrogens with one attached hydrogen (secondary N) is 2. The molecule has 5 rings (SSSR count). The number of pyridine rings is 1. The minimum Gasteiger partial charge on any atom is -0.395 e. The maximum Gasteiger partial charge on any atom is 0.586 e. The van der Waals surface area contributed by atoms with Crippen molar-refractivity contribution in [1.29, 1.82) is 0 Å². The lowest BCUT2D eigenvalue weighted by Gasteiger charge is -2.40. The Balaban J connectivity index is 1.31. The number of anilines is 1. The van der Waals surface area contributed by atoms with E-state index in [1.54, 1.807) is 11.8 Å². The zero-order chi connectivity index (χ0) is 25.8. The molecule has 2 aromatic heterocycles. The maximum atomic E-state index is 14.8. The monoisotopic (exact) mass is 527 g/mol. The summed E-state index contributed by atoms with van der Waals surface area (Å²) in [7, 11) is 0. The highest BCUT2D eigenvalue weighted by Gasteiger charge is 2.47. The first-order chi connectivity index (χ1) is 17.0. The number of piperidine rings is 1. The lowest BCUT2D eigenvalue weighted by Crippen LogP contribution is -2.52. The van der Waals surface area contributed by atoms with Crippen LogP contribution in [0.5, 0.6) is 11.5 Å². The predicted molar refractivity (Wildman–Crippen MR) is 123 cm³/mol. The van der Waals surface area contributed by atoms with Gasteiger partial charge in [0.2, 0.25) is 5.91 Å². The Labute approximate surface area is 205 Å². The second kappa shape index (κ2) is 8.71. The van der Waals surface area contributed by atoms with Gasteiger partial charge in [-0.3, -0.25) is 14.5 Å². The molecule has 2 atom stereocenters. The highest BCUT2D eigenvalue weighted by Crippen LogP contribution is 2.45. The molecule has 3 aromatic rings. The van der Waals surface area contributed by atoms with E-state index in [0.29, 0.717) is 10.2 Å². The number of amides is 1. The van der Waals surface area contributed by atoms with Crippen molar-refractivity contribution in [3.05, 3.63) is 45.9 Å². The van der Waals surface area contributed by atoms with Gasteiger partial charge >= 0.3 is 6.29 Å². The number of halogens is 4. The Hall–Kier alpha value is -3.23. The van der Waals surface area contributed by atoms with Gasteiger partial charge in [0.05, 0.1) is 22.2 Å². The van der Waals surface area contributed by atoms with Gasteiger partial charge in [-0.25, -0.2) is 13.8 Å². The number of benzene rings is 1. The molecule has 2 aliphatic heterocycles. The van der Waals surface area contributed by atoms with Crippen molar-refractivity contribution in [1.82, 2.24) is 14.9 Å². The summed E-state index contributed by atoms with van der Waals surface area (Å²) in [6, 6.07) is 3.24. The standard InChI is InChI=1S/C22H21F4N5O4S/c1-10(31-3-2-21(23,24)13(9-31)12-4-11(7-27)19(33)28-8-12)18(32)30-20-29-14-5-15-16(6-17(14)36-20)35-22(25,26)34-15/h4-6,8,10,13H,2-3,7,9,27H2,1H3,(H,28,33)(H,29,30,32)/t10-,13+/m0/s1. The summed E-state index contributed by atoms with van der Waals surface area (Å²) in [5, 5.41) is 2.88. The molecule has 1 saturated heterocycles. The number of nitrogens with two attached hydrogens (primary N) is 1. The average molecular weight is 528 g/mol. The van der Waals surface area contributed by atoms with E-state index >= 15 is 0 Å². The molecule has 1 fully saturated rings. The van der Waals surface area contributed by atoms with Crippen LogP contribution >= 0.6 is 11.3 Å². The number of carbonyl (C=O) groups excluding carboxylic acids is 1. The van der Waals surface area contributed by atoms with Gasteiger partial charge in [-0.05, 0) is 18.6 Å². The van der Waals surface area contributed by atoms with Gasteiger partial charge in [0, 0.05) is 49.9 Å². The van der Waals surface area contributed by atoms with E-state index < -0.39 is 42.1 Å². The van der Waals surface area contributed by atoms with E-state index in [2.05, 4.69) is 24.8 Å².